The topological polar surface area (TPSA) is 87.1 Å². The van der Waals surface area contributed by atoms with Gasteiger partial charge in [-0.25, -0.2) is 4.79 Å². The molecule has 1 amide bonds. The van der Waals surface area contributed by atoms with Crippen molar-refractivity contribution in [3.05, 3.63) is 197 Å². The Morgan fingerprint density at radius 3 is 2.25 bits per heavy atom. The lowest BCUT2D eigenvalue weighted by atomic mass is 9.64. The summed E-state index contributed by atoms with van der Waals surface area (Å²) in [6.07, 6.45) is 5.33. The molecule has 0 aromatic heterocycles. The van der Waals surface area contributed by atoms with Crippen LogP contribution in [0.5, 0.6) is 5.75 Å². The fourth-order valence-electron chi connectivity index (χ4n) is 10.3. The Hall–Kier alpha value is -6.34. The van der Waals surface area contributed by atoms with Gasteiger partial charge in [-0.3, -0.25) is 4.79 Å². The van der Waals surface area contributed by atoms with Gasteiger partial charge in [0, 0.05) is 23.1 Å². The Balaban J connectivity index is 1.11. The quantitative estimate of drug-likeness (QED) is 0.118. The van der Waals surface area contributed by atoms with Crippen molar-refractivity contribution in [3.63, 3.8) is 0 Å². The molecule has 6 heteroatoms. The number of fused-ring (bicyclic) bond motifs is 10. The number of aliphatic hydroxyl groups excluding tert-OH is 1. The summed E-state index contributed by atoms with van der Waals surface area (Å²) < 4.78 is 6.21. The van der Waals surface area contributed by atoms with E-state index in [1.807, 2.05) is 121 Å². The van der Waals surface area contributed by atoms with Crippen molar-refractivity contribution in [2.75, 3.05) is 6.54 Å². The third kappa shape index (κ3) is 8.71. The maximum absolute atomic E-state index is 14.8. The van der Waals surface area contributed by atoms with Crippen molar-refractivity contribution < 1.29 is 24.5 Å². The molecule has 0 unspecified atom stereocenters. The third-order valence-corrected chi connectivity index (χ3v) is 14.0. The minimum absolute atomic E-state index is 0.0346. The summed E-state index contributed by atoms with van der Waals surface area (Å²) in [6, 6.07) is 51.9. The molecule has 3 aliphatic carbocycles. The summed E-state index contributed by atoms with van der Waals surface area (Å²) in [5, 5.41) is 28.7. The lowest BCUT2D eigenvalue weighted by molar-refractivity contribution is -0.0801. The second kappa shape index (κ2) is 17.8. The first-order valence-electron chi connectivity index (χ1n) is 22.4. The first kappa shape index (κ1) is 42.0. The molecule has 4 atom stereocenters. The second-order valence-corrected chi connectivity index (χ2v) is 18.1. The van der Waals surface area contributed by atoms with Gasteiger partial charge >= 0.3 is 6.09 Å². The Morgan fingerprint density at radius 2 is 1.44 bits per heavy atom. The smallest absolute Gasteiger partial charge is 0.410 e. The number of rotatable bonds is 8. The molecule has 1 fully saturated rings. The summed E-state index contributed by atoms with van der Waals surface area (Å²) in [4.78, 5) is 31.2. The highest BCUT2D eigenvalue weighted by Crippen LogP contribution is 2.59. The summed E-state index contributed by atoms with van der Waals surface area (Å²) in [5.74, 6) is 0.141. The van der Waals surface area contributed by atoms with Crippen molar-refractivity contribution in [2.45, 2.75) is 83.0 Å². The number of aliphatic hydroxyl groups is 2. The molecular formula is C57H55NO5. The molecule has 0 spiro atoms. The molecule has 63 heavy (non-hydrogen) atoms. The zero-order valence-corrected chi connectivity index (χ0v) is 36.2. The highest BCUT2D eigenvalue weighted by molar-refractivity contribution is 6.10. The highest BCUT2D eigenvalue weighted by Gasteiger charge is 2.58. The van der Waals surface area contributed by atoms with Crippen LogP contribution in [0, 0.1) is 5.41 Å². The predicted molar refractivity (Wildman–Crippen MR) is 253 cm³/mol. The predicted octanol–water partition coefficient (Wildman–Crippen LogP) is 12.6. The number of ether oxygens (including phenoxy) is 1. The zero-order valence-electron chi connectivity index (χ0n) is 36.2. The number of amides is 1. The van der Waals surface area contributed by atoms with E-state index in [4.69, 9.17) is 4.74 Å². The maximum atomic E-state index is 14.8. The standard InChI is InChI=1S/C57H55NO5/c1-39-12-11-32-56(2)53(51-30-22-40(34-48(59)28-21-39)35-52(51)54(60)45-25-23-43(24-26-45)41-13-4-3-5-14-41)31-33-57(56,62)38-58(37-47-19-10-18-44-16-8-9-20-50(44)47)55(61)63-49-29-27-42-15-6-7-17-46(42)36-49/h3-10,12-20,22-27,29-30,35-36,48,53,59,62H,11,21,28,31-34,37-38H2,1-2H3/t48-,53-,56-,57+/m0/s1. The highest BCUT2D eigenvalue weighted by atomic mass is 16.6. The fraction of sp³-hybridized carbons (Fsp3) is 0.263. The van der Waals surface area contributed by atoms with Crippen molar-refractivity contribution in [3.8, 4) is 16.9 Å². The molecule has 318 valence electrons. The van der Waals surface area contributed by atoms with E-state index in [1.54, 1.807) is 4.90 Å². The largest absolute Gasteiger partial charge is 0.415 e. The molecule has 2 N–H and O–H groups in total. The van der Waals surface area contributed by atoms with E-state index in [-0.39, 0.29) is 24.8 Å². The van der Waals surface area contributed by atoms with Gasteiger partial charge in [0.15, 0.2) is 5.78 Å². The average Bonchev–Trinajstić information content (AvgIpc) is 3.56. The van der Waals surface area contributed by atoms with Crippen molar-refractivity contribution in [1.82, 2.24) is 4.90 Å². The Morgan fingerprint density at radius 1 is 0.730 bits per heavy atom. The Bertz CT molecular complexity index is 2810. The number of carbonyl (C=O) groups excluding carboxylic acids is 2. The van der Waals surface area contributed by atoms with Crippen LogP contribution in [0.2, 0.25) is 0 Å². The number of ketones is 1. The van der Waals surface area contributed by atoms with Gasteiger partial charge in [-0.1, -0.05) is 158 Å². The van der Waals surface area contributed by atoms with Crippen molar-refractivity contribution in [1.29, 1.82) is 0 Å². The minimum Gasteiger partial charge on any atom is -0.410 e. The van der Waals surface area contributed by atoms with E-state index < -0.39 is 23.2 Å². The van der Waals surface area contributed by atoms with Crippen LogP contribution < -0.4 is 4.74 Å². The SMILES string of the molecule is CC1=CCC[C@@]2(C)[C@@H](CC[C@@]2(O)CN(Cc2cccc3ccccc23)C(=O)Oc2ccc3ccccc3c2)c2ccc(cc2C(=O)c2ccc(-c3ccccc3)cc2)C[C@@H](O)CC1. The van der Waals surface area contributed by atoms with Gasteiger partial charge in [-0.2, -0.15) is 0 Å². The molecule has 0 heterocycles. The molecule has 7 aromatic carbocycles. The molecule has 7 aromatic rings. The summed E-state index contributed by atoms with van der Waals surface area (Å²) in [6.45, 7) is 4.54. The average molecular weight is 834 g/mol. The van der Waals surface area contributed by atoms with Gasteiger partial charge in [0.2, 0.25) is 0 Å². The van der Waals surface area contributed by atoms with Crippen LogP contribution in [0.1, 0.15) is 90.9 Å². The number of allylic oxidation sites excluding steroid dienone is 2. The van der Waals surface area contributed by atoms with Crippen LogP contribution in [-0.2, 0) is 13.0 Å². The van der Waals surface area contributed by atoms with Crippen LogP contribution in [-0.4, -0.2) is 45.2 Å². The maximum Gasteiger partial charge on any atom is 0.415 e. The van der Waals surface area contributed by atoms with Crippen LogP contribution in [0.3, 0.4) is 0 Å². The zero-order chi connectivity index (χ0) is 43.6. The van der Waals surface area contributed by atoms with E-state index in [9.17, 15) is 19.8 Å². The fourth-order valence-corrected chi connectivity index (χ4v) is 10.3. The summed E-state index contributed by atoms with van der Waals surface area (Å²) in [5.41, 5.74) is 5.13. The lowest BCUT2D eigenvalue weighted by Gasteiger charge is -2.46. The number of carbonyl (C=O) groups is 2. The van der Waals surface area contributed by atoms with Crippen LogP contribution in [0.15, 0.2) is 169 Å². The van der Waals surface area contributed by atoms with E-state index in [2.05, 4.69) is 56.3 Å². The van der Waals surface area contributed by atoms with E-state index >= 15 is 0 Å². The molecular weight excluding hydrogens is 779 g/mol. The van der Waals surface area contributed by atoms with E-state index in [1.165, 1.54) is 5.57 Å². The first-order chi connectivity index (χ1) is 30.6. The molecule has 1 saturated carbocycles. The van der Waals surface area contributed by atoms with Crippen LogP contribution >= 0.6 is 0 Å². The molecule has 3 aliphatic rings. The molecule has 0 aliphatic heterocycles. The normalized spacial score (nSPS) is 21.4. The number of hydrogen-bond acceptors (Lipinski definition) is 5. The van der Waals surface area contributed by atoms with Gasteiger partial charge in [-0.05, 0) is 125 Å². The summed E-state index contributed by atoms with van der Waals surface area (Å²) >= 11 is 0. The molecule has 6 nitrogen and oxygen atoms in total. The molecule has 0 saturated heterocycles. The molecule has 2 bridgehead atoms. The minimum atomic E-state index is -1.35. The summed E-state index contributed by atoms with van der Waals surface area (Å²) in [7, 11) is 0. The van der Waals surface area contributed by atoms with Gasteiger partial charge in [0.05, 0.1) is 18.2 Å². The monoisotopic (exact) mass is 833 g/mol. The van der Waals surface area contributed by atoms with Crippen molar-refractivity contribution in [2.24, 2.45) is 5.41 Å². The molecule has 0 radical (unpaired) electrons. The number of hydrogen-bond donors (Lipinski definition) is 2. The van der Waals surface area contributed by atoms with Gasteiger partial charge in [0.25, 0.3) is 0 Å². The van der Waals surface area contributed by atoms with Gasteiger partial charge in [0.1, 0.15) is 5.75 Å². The molecule has 10 rings (SSSR count). The van der Waals surface area contributed by atoms with Gasteiger partial charge < -0.3 is 19.8 Å². The Kier molecular flexibility index (Phi) is 11.9. The number of benzene rings is 7. The first-order valence-corrected chi connectivity index (χ1v) is 22.4. The van der Waals surface area contributed by atoms with Crippen molar-refractivity contribution >= 4 is 33.4 Å². The van der Waals surface area contributed by atoms with E-state index in [0.29, 0.717) is 55.4 Å². The second-order valence-electron chi connectivity index (χ2n) is 18.1. The van der Waals surface area contributed by atoms with Crippen LogP contribution in [0.25, 0.3) is 32.7 Å². The Labute approximate surface area is 370 Å². The van der Waals surface area contributed by atoms with Crippen LogP contribution in [0.4, 0.5) is 4.79 Å². The third-order valence-electron chi connectivity index (χ3n) is 14.0. The van der Waals surface area contributed by atoms with E-state index in [0.717, 1.165) is 55.8 Å². The number of nitrogens with zero attached hydrogens (tertiary/aromatic N) is 1. The van der Waals surface area contributed by atoms with Gasteiger partial charge in [-0.15, -0.1) is 0 Å². The lowest BCUT2D eigenvalue weighted by Crippen LogP contribution is -2.54.